The van der Waals surface area contributed by atoms with Gasteiger partial charge >= 0.3 is 0 Å². The molecule has 0 bridgehead atoms. The number of nitrogens with zero attached hydrogens (tertiary/aromatic N) is 3. The zero-order valence-corrected chi connectivity index (χ0v) is 13.7. The monoisotopic (exact) mass is 324 g/mol. The summed E-state index contributed by atoms with van der Waals surface area (Å²) in [6.07, 6.45) is 5.27. The van der Waals surface area contributed by atoms with Crippen molar-refractivity contribution in [2.75, 3.05) is 19.4 Å². The smallest absolute Gasteiger partial charge is 0.263 e. The van der Waals surface area contributed by atoms with E-state index in [-0.39, 0.29) is 5.91 Å². The third kappa shape index (κ3) is 3.54. The first-order chi connectivity index (χ1) is 11.1. The third-order valence-corrected chi connectivity index (χ3v) is 4.33. The van der Waals surface area contributed by atoms with Crippen molar-refractivity contribution in [3.8, 4) is 10.4 Å². The van der Waals surface area contributed by atoms with Gasteiger partial charge in [0.25, 0.3) is 5.91 Å². The molecule has 0 spiro atoms. The summed E-state index contributed by atoms with van der Waals surface area (Å²) >= 11 is 1.47. The second-order valence-electron chi connectivity index (χ2n) is 5.16. The number of pyridine rings is 2. The first kappa shape index (κ1) is 15.2. The molecule has 0 atom stereocenters. The molecule has 6 heteroatoms. The first-order valence-corrected chi connectivity index (χ1v) is 7.90. The molecule has 0 saturated carbocycles. The Morgan fingerprint density at radius 3 is 2.65 bits per heavy atom. The van der Waals surface area contributed by atoms with E-state index in [2.05, 4.69) is 15.3 Å². The van der Waals surface area contributed by atoms with Gasteiger partial charge in [-0.3, -0.25) is 9.78 Å². The highest BCUT2D eigenvalue weighted by atomic mass is 32.1. The number of hydrogen-bond acceptors (Lipinski definition) is 5. The van der Waals surface area contributed by atoms with Gasteiger partial charge in [0, 0.05) is 36.9 Å². The highest BCUT2D eigenvalue weighted by Gasteiger charge is 2.12. The Hall–Kier alpha value is -2.73. The van der Waals surface area contributed by atoms with Gasteiger partial charge in [-0.2, -0.15) is 0 Å². The van der Waals surface area contributed by atoms with Gasteiger partial charge in [-0.1, -0.05) is 0 Å². The Balaban J connectivity index is 1.76. The molecule has 23 heavy (non-hydrogen) atoms. The molecule has 0 radical (unpaired) electrons. The third-order valence-electron chi connectivity index (χ3n) is 3.20. The predicted octanol–water partition coefficient (Wildman–Crippen LogP) is 3.65. The lowest BCUT2D eigenvalue weighted by Crippen LogP contribution is -2.20. The maximum atomic E-state index is 12.0. The molecule has 0 fully saturated rings. The number of thiophene rings is 1. The summed E-state index contributed by atoms with van der Waals surface area (Å²) in [6, 6.07) is 11.5. The highest BCUT2D eigenvalue weighted by Crippen LogP contribution is 2.29. The number of rotatable bonds is 4. The summed E-state index contributed by atoms with van der Waals surface area (Å²) in [7, 11) is 3.50. The van der Waals surface area contributed by atoms with Crippen LogP contribution in [0.5, 0.6) is 0 Å². The minimum atomic E-state index is 0.0177. The van der Waals surface area contributed by atoms with Crippen LogP contribution in [0.2, 0.25) is 0 Å². The quantitative estimate of drug-likeness (QED) is 0.796. The van der Waals surface area contributed by atoms with Crippen molar-refractivity contribution < 1.29 is 4.79 Å². The van der Waals surface area contributed by atoms with Gasteiger partial charge in [0.15, 0.2) is 0 Å². The molecule has 1 N–H and O–H groups in total. The number of carbonyl (C=O) groups excluding carboxylic acids is 1. The zero-order chi connectivity index (χ0) is 16.2. The minimum Gasteiger partial charge on any atom is -0.344 e. The lowest BCUT2D eigenvalue weighted by molar-refractivity contribution is 0.0832. The fourth-order valence-corrected chi connectivity index (χ4v) is 3.04. The molecule has 0 aromatic carbocycles. The van der Waals surface area contributed by atoms with Crippen LogP contribution < -0.4 is 5.32 Å². The fourth-order valence-electron chi connectivity index (χ4n) is 2.03. The summed E-state index contributed by atoms with van der Waals surface area (Å²) in [5, 5.41) is 3.19. The van der Waals surface area contributed by atoms with E-state index >= 15 is 0 Å². The van der Waals surface area contributed by atoms with Crippen LogP contribution in [0.3, 0.4) is 0 Å². The van der Waals surface area contributed by atoms with Crippen LogP contribution in [-0.4, -0.2) is 34.9 Å². The molecule has 0 aliphatic carbocycles. The van der Waals surface area contributed by atoms with Gasteiger partial charge in [0.1, 0.15) is 5.82 Å². The lowest BCUT2D eigenvalue weighted by atomic mass is 10.2. The predicted molar refractivity (Wildman–Crippen MR) is 93.1 cm³/mol. The van der Waals surface area contributed by atoms with Crippen molar-refractivity contribution in [2.24, 2.45) is 0 Å². The lowest BCUT2D eigenvalue weighted by Gasteiger charge is -2.07. The van der Waals surface area contributed by atoms with Gasteiger partial charge in [0.05, 0.1) is 16.8 Å². The van der Waals surface area contributed by atoms with Crippen LogP contribution in [0, 0.1) is 0 Å². The number of carbonyl (C=O) groups is 1. The number of anilines is 2. The number of nitrogens with one attached hydrogen (secondary N) is 1. The largest absolute Gasteiger partial charge is 0.344 e. The number of hydrogen-bond donors (Lipinski definition) is 1. The Kier molecular flexibility index (Phi) is 4.34. The van der Waals surface area contributed by atoms with Crippen molar-refractivity contribution in [1.82, 2.24) is 14.9 Å². The molecular formula is C17H16N4OS. The second-order valence-corrected chi connectivity index (χ2v) is 6.25. The highest BCUT2D eigenvalue weighted by molar-refractivity contribution is 7.17. The average molecular weight is 324 g/mol. The van der Waals surface area contributed by atoms with E-state index in [1.807, 2.05) is 36.4 Å². The molecular weight excluding hydrogens is 308 g/mol. The molecule has 0 unspecified atom stereocenters. The standard InChI is InChI=1S/C17H16N4OS/c1-21(2)17(22)15-7-6-14(23-15)12-5-8-16(19-10-12)20-13-4-3-9-18-11-13/h3-11H,1-2H3,(H,19,20). The Morgan fingerprint density at radius 2 is 2.00 bits per heavy atom. The molecule has 3 aromatic rings. The summed E-state index contributed by atoms with van der Waals surface area (Å²) in [5.41, 5.74) is 1.88. The van der Waals surface area contributed by atoms with Gasteiger partial charge in [-0.05, 0) is 36.4 Å². The molecule has 3 rings (SSSR count). The van der Waals surface area contributed by atoms with E-state index in [1.165, 1.54) is 11.3 Å². The van der Waals surface area contributed by atoms with Crippen molar-refractivity contribution >= 4 is 28.7 Å². The van der Waals surface area contributed by atoms with Crippen molar-refractivity contribution in [2.45, 2.75) is 0 Å². The van der Waals surface area contributed by atoms with Crippen molar-refractivity contribution in [3.05, 3.63) is 59.9 Å². The minimum absolute atomic E-state index is 0.0177. The Bertz CT molecular complexity index is 797. The van der Waals surface area contributed by atoms with Crippen LogP contribution in [0.15, 0.2) is 55.0 Å². The van der Waals surface area contributed by atoms with Crippen LogP contribution in [-0.2, 0) is 0 Å². The summed E-state index contributed by atoms with van der Waals surface area (Å²) < 4.78 is 0. The van der Waals surface area contributed by atoms with Crippen LogP contribution >= 0.6 is 11.3 Å². The van der Waals surface area contributed by atoms with Crippen LogP contribution in [0.4, 0.5) is 11.5 Å². The summed E-state index contributed by atoms with van der Waals surface area (Å²) in [6.45, 7) is 0. The zero-order valence-electron chi connectivity index (χ0n) is 12.9. The molecule has 0 saturated heterocycles. The first-order valence-electron chi connectivity index (χ1n) is 7.08. The summed E-state index contributed by atoms with van der Waals surface area (Å²) in [5.74, 6) is 0.770. The molecule has 116 valence electrons. The maximum absolute atomic E-state index is 12.0. The van der Waals surface area contributed by atoms with Gasteiger partial charge in [0.2, 0.25) is 0 Å². The van der Waals surface area contributed by atoms with Gasteiger partial charge < -0.3 is 10.2 Å². The van der Waals surface area contributed by atoms with Crippen LogP contribution in [0.25, 0.3) is 10.4 Å². The number of aromatic nitrogens is 2. The van der Waals surface area contributed by atoms with E-state index in [0.717, 1.165) is 26.8 Å². The number of amides is 1. The Morgan fingerprint density at radius 1 is 1.13 bits per heavy atom. The average Bonchev–Trinajstić information content (AvgIpc) is 3.05. The van der Waals surface area contributed by atoms with E-state index in [4.69, 9.17) is 0 Å². The second kappa shape index (κ2) is 6.58. The van der Waals surface area contributed by atoms with E-state index < -0.39 is 0 Å². The SMILES string of the molecule is CN(C)C(=O)c1ccc(-c2ccc(Nc3cccnc3)nc2)s1. The molecule has 5 nitrogen and oxygen atoms in total. The normalized spacial score (nSPS) is 10.3. The maximum Gasteiger partial charge on any atom is 0.263 e. The topological polar surface area (TPSA) is 58.1 Å². The van der Waals surface area contributed by atoms with Crippen LogP contribution in [0.1, 0.15) is 9.67 Å². The van der Waals surface area contributed by atoms with Gasteiger partial charge in [-0.25, -0.2) is 4.98 Å². The fraction of sp³-hybridized carbons (Fsp3) is 0.118. The van der Waals surface area contributed by atoms with Gasteiger partial charge in [-0.15, -0.1) is 11.3 Å². The molecule has 1 amide bonds. The van der Waals surface area contributed by atoms with Crippen molar-refractivity contribution in [1.29, 1.82) is 0 Å². The molecule has 0 aliphatic rings. The molecule has 3 heterocycles. The van der Waals surface area contributed by atoms with E-state index in [9.17, 15) is 4.79 Å². The van der Waals surface area contributed by atoms with Crippen molar-refractivity contribution in [3.63, 3.8) is 0 Å². The summed E-state index contributed by atoms with van der Waals surface area (Å²) in [4.78, 5) is 23.7. The Labute approximate surface area is 138 Å². The van der Waals surface area contributed by atoms with E-state index in [0.29, 0.717) is 0 Å². The van der Waals surface area contributed by atoms with E-state index in [1.54, 1.807) is 37.6 Å². The molecule has 3 aromatic heterocycles. The molecule has 0 aliphatic heterocycles.